The van der Waals surface area contributed by atoms with Gasteiger partial charge in [-0.05, 0) is 43.5 Å². The van der Waals surface area contributed by atoms with Gasteiger partial charge in [0.2, 0.25) is 0 Å². The Balaban J connectivity index is 1.85. The number of amides is 1. The van der Waals surface area contributed by atoms with Crippen LogP contribution in [0.3, 0.4) is 0 Å². The number of hydrazone groups is 1. The molecule has 0 atom stereocenters. The number of hydrogen-bond donors (Lipinski definition) is 1. The molecule has 0 saturated heterocycles. The first-order chi connectivity index (χ1) is 10.6. The molecule has 0 fully saturated rings. The minimum atomic E-state index is -0.249. The fourth-order valence-electron chi connectivity index (χ4n) is 2.20. The molecule has 110 valence electrons. The van der Waals surface area contributed by atoms with Gasteiger partial charge in [-0.1, -0.05) is 17.7 Å². The summed E-state index contributed by atoms with van der Waals surface area (Å²) in [6.07, 6.45) is 1.64. The van der Waals surface area contributed by atoms with E-state index in [1.165, 1.54) is 0 Å². The summed E-state index contributed by atoms with van der Waals surface area (Å²) in [4.78, 5) is 17.7. The third-order valence-corrected chi connectivity index (χ3v) is 4.11. The van der Waals surface area contributed by atoms with Crippen LogP contribution in [-0.2, 0) is 0 Å². The molecular formula is C17H15N3OS. The number of carbonyl (C=O) groups excluding carboxylic acids is 1. The molecule has 0 unspecified atom stereocenters. The van der Waals surface area contributed by atoms with Gasteiger partial charge in [0.1, 0.15) is 0 Å². The SMILES string of the molecule is Cc1ccc2nc(C)c(C(=O)N/N=C/c3cccs3)cc2c1. The van der Waals surface area contributed by atoms with Crippen LogP contribution in [0.15, 0.2) is 46.9 Å². The molecule has 22 heavy (non-hydrogen) atoms. The second-order valence-corrected chi connectivity index (χ2v) is 6.01. The third kappa shape index (κ3) is 3.04. The monoisotopic (exact) mass is 309 g/mol. The van der Waals surface area contributed by atoms with E-state index in [-0.39, 0.29) is 5.91 Å². The number of nitrogens with zero attached hydrogens (tertiary/aromatic N) is 2. The first-order valence-electron chi connectivity index (χ1n) is 6.88. The van der Waals surface area contributed by atoms with E-state index in [0.717, 1.165) is 21.3 Å². The van der Waals surface area contributed by atoms with E-state index in [0.29, 0.717) is 11.3 Å². The maximum absolute atomic E-state index is 12.3. The van der Waals surface area contributed by atoms with E-state index in [1.807, 2.05) is 55.6 Å². The Kier molecular flexibility index (Phi) is 3.98. The fourth-order valence-corrected chi connectivity index (χ4v) is 2.79. The zero-order valence-corrected chi connectivity index (χ0v) is 13.1. The van der Waals surface area contributed by atoms with Crippen molar-refractivity contribution in [2.24, 2.45) is 5.10 Å². The smallest absolute Gasteiger partial charge is 0.267 e. The van der Waals surface area contributed by atoms with Gasteiger partial charge < -0.3 is 0 Å². The van der Waals surface area contributed by atoms with E-state index in [2.05, 4.69) is 15.5 Å². The van der Waals surface area contributed by atoms with E-state index in [1.54, 1.807) is 17.6 Å². The maximum Gasteiger partial charge on any atom is 0.273 e. The largest absolute Gasteiger partial charge is 0.273 e. The van der Waals surface area contributed by atoms with Crippen molar-refractivity contribution in [3.63, 3.8) is 0 Å². The van der Waals surface area contributed by atoms with Crippen molar-refractivity contribution in [2.75, 3.05) is 0 Å². The lowest BCUT2D eigenvalue weighted by Gasteiger charge is -2.06. The summed E-state index contributed by atoms with van der Waals surface area (Å²) in [5, 5.41) is 6.90. The maximum atomic E-state index is 12.3. The second-order valence-electron chi connectivity index (χ2n) is 5.03. The van der Waals surface area contributed by atoms with Gasteiger partial charge in [0.05, 0.1) is 23.0 Å². The molecule has 0 saturated carbocycles. The summed E-state index contributed by atoms with van der Waals surface area (Å²) in [6, 6.07) is 11.7. The van der Waals surface area contributed by atoms with E-state index in [4.69, 9.17) is 0 Å². The van der Waals surface area contributed by atoms with Crippen LogP contribution in [0.1, 0.15) is 26.5 Å². The van der Waals surface area contributed by atoms with Crippen LogP contribution in [0.25, 0.3) is 10.9 Å². The lowest BCUT2D eigenvalue weighted by Crippen LogP contribution is -2.19. The molecule has 0 aliphatic heterocycles. The Labute approximate surface area is 132 Å². The highest BCUT2D eigenvalue weighted by atomic mass is 32.1. The summed E-state index contributed by atoms with van der Waals surface area (Å²) in [7, 11) is 0. The predicted molar refractivity (Wildman–Crippen MR) is 90.6 cm³/mol. The fraction of sp³-hybridized carbons (Fsp3) is 0.118. The normalized spacial score (nSPS) is 11.2. The molecule has 3 rings (SSSR count). The lowest BCUT2D eigenvalue weighted by molar-refractivity contribution is 0.0954. The van der Waals surface area contributed by atoms with Crippen LogP contribution in [-0.4, -0.2) is 17.1 Å². The van der Waals surface area contributed by atoms with Crippen LogP contribution in [0, 0.1) is 13.8 Å². The second kappa shape index (κ2) is 6.07. The molecule has 4 nitrogen and oxygen atoms in total. The van der Waals surface area contributed by atoms with Crippen molar-refractivity contribution >= 4 is 34.4 Å². The lowest BCUT2D eigenvalue weighted by atomic mass is 10.1. The Morgan fingerprint density at radius 2 is 2.14 bits per heavy atom. The molecule has 5 heteroatoms. The van der Waals surface area contributed by atoms with Crippen molar-refractivity contribution in [3.05, 3.63) is 63.5 Å². The number of fused-ring (bicyclic) bond motifs is 1. The van der Waals surface area contributed by atoms with Gasteiger partial charge in [0, 0.05) is 10.3 Å². The van der Waals surface area contributed by atoms with Gasteiger partial charge in [-0.25, -0.2) is 5.43 Å². The molecular weight excluding hydrogens is 294 g/mol. The highest BCUT2D eigenvalue weighted by molar-refractivity contribution is 7.11. The molecule has 2 aromatic heterocycles. The molecule has 0 aliphatic carbocycles. The van der Waals surface area contributed by atoms with Crippen LogP contribution < -0.4 is 5.43 Å². The molecule has 0 aliphatic rings. The van der Waals surface area contributed by atoms with E-state index < -0.39 is 0 Å². The number of rotatable bonds is 3. The molecule has 0 radical (unpaired) electrons. The summed E-state index contributed by atoms with van der Waals surface area (Å²) < 4.78 is 0. The molecule has 0 bridgehead atoms. The average Bonchev–Trinajstić information content (AvgIpc) is 3.00. The summed E-state index contributed by atoms with van der Waals surface area (Å²) >= 11 is 1.56. The van der Waals surface area contributed by atoms with Crippen LogP contribution in [0.4, 0.5) is 0 Å². The Hall–Kier alpha value is -2.53. The van der Waals surface area contributed by atoms with Crippen molar-refractivity contribution in [2.45, 2.75) is 13.8 Å². The number of benzene rings is 1. The topological polar surface area (TPSA) is 54.4 Å². The average molecular weight is 309 g/mol. The molecule has 3 aromatic rings. The van der Waals surface area contributed by atoms with Crippen LogP contribution >= 0.6 is 11.3 Å². The van der Waals surface area contributed by atoms with Crippen molar-refractivity contribution in [1.29, 1.82) is 0 Å². The molecule has 1 N–H and O–H groups in total. The summed E-state index contributed by atoms with van der Waals surface area (Å²) in [5.41, 5.74) is 5.82. The Morgan fingerprint density at radius 1 is 1.27 bits per heavy atom. The number of hydrogen-bond acceptors (Lipinski definition) is 4. The minimum absolute atomic E-state index is 0.249. The Morgan fingerprint density at radius 3 is 2.91 bits per heavy atom. The van der Waals surface area contributed by atoms with E-state index in [9.17, 15) is 4.79 Å². The highest BCUT2D eigenvalue weighted by Crippen LogP contribution is 2.18. The number of carbonyl (C=O) groups is 1. The zero-order valence-electron chi connectivity index (χ0n) is 12.3. The molecule has 1 aromatic carbocycles. The molecule has 1 amide bonds. The van der Waals surface area contributed by atoms with Gasteiger partial charge in [-0.2, -0.15) is 5.10 Å². The number of pyridine rings is 1. The van der Waals surface area contributed by atoms with Gasteiger partial charge in [-0.15, -0.1) is 11.3 Å². The molecule has 0 spiro atoms. The quantitative estimate of drug-likeness (QED) is 0.593. The van der Waals surface area contributed by atoms with Crippen molar-refractivity contribution in [1.82, 2.24) is 10.4 Å². The van der Waals surface area contributed by atoms with Gasteiger partial charge >= 0.3 is 0 Å². The summed E-state index contributed by atoms with van der Waals surface area (Å²) in [6.45, 7) is 3.85. The predicted octanol–water partition coefficient (Wildman–Crippen LogP) is 3.68. The van der Waals surface area contributed by atoms with Gasteiger partial charge in [0.15, 0.2) is 0 Å². The summed E-state index contributed by atoms with van der Waals surface area (Å²) in [5.74, 6) is -0.249. The zero-order chi connectivity index (χ0) is 15.5. The highest BCUT2D eigenvalue weighted by Gasteiger charge is 2.11. The van der Waals surface area contributed by atoms with Crippen LogP contribution in [0.2, 0.25) is 0 Å². The number of aromatic nitrogens is 1. The number of nitrogens with one attached hydrogen (secondary N) is 1. The van der Waals surface area contributed by atoms with Crippen molar-refractivity contribution < 1.29 is 4.79 Å². The molecule has 2 heterocycles. The van der Waals surface area contributed by atoms with E-state index >= 15 is 0 Å². The minimum Gasteiger partial charge on any atom is -0.267 e. The first-order valence-corrected chi connectivity index (χ1v) is 7.76. The van der Waals surface area contributed by atoms with Gasteiger partial charge in [-0.3, -0.25) is 9.78 Å². The van der Waals surface area contributed by atoms with Crippen LogP contribution in [0.5, 0.6) is 0 Å². The van der Waals surface area contributed by atoms with Gasteiger partial charge in [0.25, 0.3) is 5.91 Å². The Bertz CT molecular complexity index is 854. The first kappa shape index (κ1) is 14.4. The standard InChI is InChI=1S/C17H15N3OS/c1-11-5-6-16-13(8-11)9-15(12(2)19-16)17(21)20-18-10-14-4-3-7-22-14/h3-10H,1-2H3,(H,20,21)/b18-10+. The van der Waals surface area contributed by atoms with Crippen molar-refractivity contribution in [3.8, 4) is 0 Å². The number of thiophene rings is 1. The number of aryl methyl sites for hydroxylation is 2. The third-order valence-electron chi connectivity index (χ3n) is 3.31.